The van der Waals surface area contributed by atoms with Gasteiger partial charge in [-0.25, -0.2) is 0 Å². The zero-order valence-corrected chi connectivity index (χ0v) is 35.6. The lowest BCUT2D eigenvalue weighted by atomic mass is 9.71. The summed E-state index contributed by atoms with van der Waals surface area (Å²) in [5, 5.41) is 67.1. The van der Waals surface area contributed by atoms with Crippen LogP contribution in [-0.2, 0) is 19.1 Å². The minimum atomic E-state index is -2.01. The Balaban J connectivity index is 1.70. The number of nitrogens with one attached hydrogen (secondary N) is 1. The summed E-state index contributed by atoms with van der Waals surface area (Å²) in [6.45, 7) is 15.7. The third-order valence-electron chi connectivity index (χ3n) is 12.4. The molecule has 2 aromatic carbocycles. The summed E-state index contributed by atoms with van der Waals surface area (Å²) in [5.41, 5.74) is -0.275. The van der Waals surface area contributed by atoms with Gasteiger partial charge in [-0.2, -0.15) is 5.10 Å². The molecule has 15 nitrogen and oxygen atoms in total. The molecular weight excluding hydrogens is 761 g/mol. The average Bonchev–Trinajstić information content (AvgIpc) is 3.46. The molecule has 4 heterocycles. The molecule has 4 aliphatic rings. The molecule has 6 N–H and O–H groups in total. The zero-order valence-electron chi connectivity index (χ0n) is 35.6. The number of Topliss-reactive ketones (excluding diaryl/α,β-unsaturated/α-hetero) is 2. The monoisotopic (exact) mass is 820 g/mol. The van der Waals surface area contributed by atoms with Crippen LogP contribution in [0.25, 0.3) is 10.8 Å². The molecule has 0 unspecified atom stereocenters. The summed E-state index contributed by atoms with van der Waals surface area (Å²) in [7, 11) is 3.48. The molecule has 0 saturated carbocycles. The Bertz CT molecular complexity index is 2070. The summed E-state index contributed by atoms with van der Waals surface area (Å²) in [5.74, 6) is -7.55. The maximum absolute atomic E-state index is 14.4. The first-order valence-corrected chi connectivity index (χ1v) is 20.1. The number of fused-ring (bicyclic) bond motifs is 14. The number of hydrogen-bond acceptors (Lipinski definition) is 14. The fourth-order valence-corrected chi connectivity index (χ4v) is 8.34. The van der Waals surface area contributed by atoms with Crippen LogP contribution in [-0.4, -0.2) is 124 Å². The van der Waals surface area contributed by atoms with Crippen LogP contribution in [0.4, 0.5) is 5.69 Å². The lowest BCUT2D eigenvalue weighted by Crippen LogP contribution is -2.43. The second kappa shape index (κ2) is 18.1. The third-order valence-corrected chi connectivity index (χ3v) is 12.4. The first-order chi connectivity index (χ1) is 27.7. The fourth-order valence-electron chi connectivity index (χ4n) is 8.34. The Morgan fingerprint density at radius 3 is 2.25 bits per heavy atom. The number of ketones is 2. The quantitative estimate of drug-likeness (QED) is 0.133. The summed E-state index contributed by atoms with van der Waals surface area (Å²) < 4.78 is 18.0. The second-order valence-electron chi connectivity index (χ2n) is 16.6. The van der Waals surface area contributed by atoms with Crippen molar-refractivity contribution < 1.29 is 54.1 Å². The van der Waals surface area contributed by atoms with E-state index in [0.717, 1.165) is 13.1 Å². The molecule has 2 aromatic rings. The predicted molar refractivity (Wildman–Crippen MR) is 224 cm³/mol. The standard InChI is InChI=1S/C44H60N4O11/c1-22-12-11-13-23(2)43(56)46-35-30(21-45-48-17-15-47(9)16-18-48)39(53)32-33(40(35)54)38(52)28(7)41-34(32)42(55)44(8,59-41)58-19-14-31(57-10)25(4)29(20-24(3)49)26(5)37(51)27(6)36(22)50/h11-14,19,21-22,25-27,29,31,36-37,50-54H,15-18,20H2,1-10H3,(H,46,56)/b12-11+,19-14+,23-13-,45-21+/t22-,25-,26-,27+,29+,31-,36-,37-,44-/m0/s1. The largest absolute Gasteiger partial charge is 0.507 e. The number of aromatic hydroxyl groups is 3. The average molecular weight is 821 g/mol. The van der Waals surface area contributed by atoms with Gasteiger partial charge < -0.3 is 54.8 Å². The number of piperazine rings is 1. The van der Waals surface area contributed by atoms with Gasteiger partial charge in [0.15, 0.2) is 5.75 Å². The maximum atomic E-state index is 14.4. The van der Waals surface area contributed by atoms with E-state index in [9.17, 15) is 39.9 Å². The highest BCUT2D eigenvalue weighted by Crippen LogP contribution is 2.55. The van der Waals surface area contributed by atoms with Crippen molar-refractivity contribution in [3.63, 3.8) is 0 Å². The topological polar surface area (TPSA) is 211 Å². The van der Waals surface area contributed by atoms with Crippen molar-refractivity contribution in [2.75, 3.05) is 45.7 Å². The highest BCUT2D eigenvalue weighted by molar-refractivity contribution is 6.23. The van der Waals surface area contributed by atoms with Gasteiger partial charge in [0.2, 0.25) is 0 Å². The molecule has 59 heavy (non-hydrogen) atoms. The van der Waals surface area contributed by atoms with Crippen molar-refractivity contribution in [3.05, 3.63) is 52.8 Å². The summed E-state index contributed by atoms with van der Waals surface area (Å²) in [6, 6.07) is 0. The molecule has 9 atom stereocenters. The van der Waals surface area contributed by atoms with E-state index in [1.165, 1.54) is 53.4 Å². The van der Waals surface area contributed by atoms with Crippen LogP contribution >= 0.6 is 0 Å². The first-order valence-electron chi connectivity index (χ1n) is 20.1. The van der Waals surface area contributed by atoms with Crippen LogP contribution in [0.1, 0.15) is 76.4 Å². The molecule has 15 heteroatoms. The van der Waals surface area contributed by atoms with Crippen molar-refractivity contribution in [2.24, 2.45) is 34.7 Å². The number of aliphatic hydroxyl groups excluding tert-OH is 2. The van der Waals surface area contributed by atoms with E-state index in [4.69, 9.17) is 14.2 Å². The molecule has 322 valence electrons. The fraction of sp³-hybridized carbons (Fsp3) is 0.545. The van der Waals surface area contributed by atoms with Crippen LogP contribution in [0.15, 0.2) is 41.2 Å². The Hall–Kier alpha value is -4.96. The molecule has 0 spiro atoms. The maximum Gasteiger partial charge on any atom is 0.312 e. The molecule has 1 amide bonds. The van der Waals surface area contributed by atoms with Gasteiger partial charge in [-0.05, 0) is 51.6 Å². The van der Waals surface area contributed by atoms with Crippen molar-refractivity contribution in [3.8, 4) is 23.0 Å². The van der Waals surface area contributed by atoms with Crippen LogP contribution in [0.5, 0.6) is 23.0 Å². The summed E-state index contributed by atoms with van der Waals surface area (Å²) >= 11 is 0. The van der Waals surface area contributed by atoms with Crippen molar-refractivity contribution in [2.45, 2.75) is 85.9 Å². The number of anilines is 1. The number of hydrazone groups is 1. The molecule has 4 aliphatic heterocycles. The number of nitrogens with zero attached hydrogens (tertiary/aromatic N) is 3. The van der Waals surface area contributed by atoms with Crippen LogP contribution in [0.2, 0.25) is 0 Å². The normalized spacial score (nSPS) is 32.1. The van der Waals surface area contributed by atoms with Gasteiger partial charge >= 0.3 is 5.79 Å². The molecule has 5 bridgehead atoms. The van der Waals surface area contributed by atoms with Gasteiger partial charge in [0.25, 0.3) is 11.7 Å². The SMILES string of the molecule is CO[C@H]1/C=C/O[C@@]2(C)Oc3c(C)c(O)c4c(O)c(c(/C=N/N5CCN(C)CC5)c(O)c4c3C2=O)NC(=O)/C(C)=C\C=C\[C@H](C)[C@H](O)[C@@H](C)[C@@H](O)[C@@H](C)[C@H](CC(C)=O)[C@@H]1C. The predicted octanol–water partition coefficient (Wildman–Crippen LogP) is 5.00. The Morgan fingerprint density at radius 2 is 1.63 bits per heavy atom. The first kappa shape index (κ1) is 45.1. The Labute approximate surface area is 345 Å². The molecule has 0 aliphatic carbocycles. The zero-order chi connectivity index (χ0) is 43.7. The third kappa shape index (κ3) is 8.98. The lowest BCUT2D eigenvalue weighted by Gasteiger charge is -2.38. The molecule has 1 saturated heterocycles. The highest BCUT2D eigenvalue weighted by atomic mass is 16.7. The summed E-state index contributed by atoms with van der Waals surface area (Å²) in [4.78, 5) is 42.9. The van der Waals surface area contributed by atoms with Gasteiger partial charge in [0.05, 0.1) is 53.0 Å². The van der Waals surface area contributed by atoms with Gasteiger partial charge in [-0.1, -0.05) is 45.9 Å². The number of likely N-dealkylation sites (N-methyl/N-ethyl adjacent to an activating group) is 1. The van der Waals surface area contributed by atoms with Gasteiger partial charge in [-0.15, -0.1) is 0 Å². The van der Waals surface area contributed by atoms with E-state index >= 15 is 0 Å². The van der Waals surface area contributed by atoms with Crippen molar-refractivity contribution in [1.82, 2.24) is 9.91 Å². The lowest BCUT2D eigenvalue weighted by molar-refractivity contribution is -0.120. The molecular formula is C44H60N4O11. The minimum absolute atomic E-state index is 0.0725. The van der Waals surface area contributed by atoms with E-state index in [1.54, 1.807) is 37.1 Å². The number of phenols is 3. The van der Waals surface area contributed by atoms with Crippen LogP contribution < -0.4 is 10.1 Å². The Kier molecular flexibility index (Phi) is 13.9. The summed E-state index contributed by atoms with van der Waals surface area (Å²) in [6.07, 6.45) is 6.42. The molecule has 6 rings (SSSR count). The van der Waals surface area contributed by atoms with E-state index in [1.807, 2.05) is 20.9 Å². The number of benzene rings is 2. The van der Waals surface area contributed by atoms with E-state index in [0.29, 0.717) is 13.1 Å². The van der Waals surface area contributed by atoms with Gasteiger partial charge in [0, 0.05) is 75.0 Å². The van der Waals surface area contributed by atoms with E-state index < -0.39 is 76.7 Å². The Morgan fingerprint density at radius 1 is 0.966 bits per heavy atom. The van der Waals surface area contributed by atoms with Crippen molar-refractivity contribution in [1.29, 1.82) is 0 Å². The second-order valence-corrected chi connectivity index (χ2v) is 16.6. The number of phenolic OH excluding ortho intramolecular Hbond substituents is 3. The van der Waals surface area contributed by atoms with Gasteiger partial charge in [0.1, 0.15) is 23.0 Å². The molecule has 0 radical (unpaired) electrons. The van der Waals surface area contributed by atoms with Gasteiger partial charge in [-0.3, -0.25) is 14.6 Å². The number of carbonyl (C=O) groups is 3. The number of aliphatic hydroxyl groups is 2. The number of rotatable bonds is 5. The number of hydrogen-bond donors (Lipinski definition) is 6. The number of ether oxygens (including phenoxy) is 3. The highest BCUT2D eigenvalue weighted by Gasteiger charge is 2.50. The number of amides is 1. The molecule has 0 aromatic heterocycles. The van der Waals surface area contributed by atoms with Crippen LogP contribution in [0, 0.1) is 36.5 Å². The van der Waals surface area contributed by atoms with E-state index in [2.05, 4.69) is 15.3 Å². The molecule has 1 fully saturated rings. The van der Waals surface area contributed by atoms with Crippen molar-refractivity contribution >= 4 is 40.1 Å². The van der Waals surface area contributed by atoms with Crippen LogP contribution in [0.3, 0.4) is 0 Å². The number of methoxy groups -OCH3 is 1. The smallest absolute Gasteiger partial charge is 0.312 e. The number of allylic oxidation sites excluding steroid dienone is 2. The minimum Gasteiger partial charge on any atom is -0.507 e. The number of carbonyl (C=O) groups excluding carboxylic acids is 3. The van der Waals surface area contributed by atoms with E-state index in [-0.39, 0.29) is 62.6 Å².